The molecule has 0 fully saturated rings. The van der Waals surface area contributed by atoms with Crippen molar-refractivity contribution in [1.29, 1.82) is 0 Å². The van der Waals surface area contributed by atoms with Gasteiger partial charge < -0.3 is 14.3 Å². The lowest BCUT2D eigenvalue weighted by atomic mass is 9.92. The molecule has 2 unspecified atom stereocenters. The monoisotopic (exact) mass is 536 g/mol. The van der Waals surface area contributed by atoms with Crippen LogP contribution >= 0.6 is 0 Å². The molecule has 1 aliphatic rings. The van der Waals surface area contributed by atoms with Crippen molar-refractivity contribution in [1.82, 2.24) is 0 Å². The van der Waals surface area contributed by atoms with E-state index in [4.69, 9.17) is 9.16 Å². The van der Waals surface area contributed by atoms with Crippen molar-refractivity contribution in [2.45, 2.75) is 99.6 Å². The van der Waals surface area contributed by atoms with Gasteiger partial charge in [0, 0.05) is 6.42 Å². The predicted octanol–water partition coefficient (Wildman–Crippen LogP) is 5.98. The number of carbonyl (C=O) groups excluding carboxylic acids is 1. The molecular formula is C28H44O6SSi. The van der Waals surface area contributed by atoms with Gasteiger partial charge in [0.15, 0.2) is 22.9 Å². The minimum Gasteiger partial charge on any atom is -0.468 e. The summed E-state index contributed by atoms with van der Waals surface area (Å²) in [4.78, 5) is 13.5. The van der Waals surface area contributed by atoms with E-state index >= 15 is 0 Å². The Morgan fingerprint density at radius 1 is 1.11 bits per heavy atom. The Bertz CT molecular complexity index is 1020. The summed E-state index contributed by atoms with van der Waals surface area (Å²) in [6.07, 6.45) is 8.41. The van der Waals surface area contributed by atoms with Gasteiger partial charge in [-0.3, -0.25) is 4.79 Å². The second-order valence-corrected chi connectivity index (χ2v) is 18.3. The van der Waals surface area contributed by atoms with Gasteiger partial charge in [0.2, 0.25) is 0 Å². The normalized spacial score (nSPS) is 25.4. The molecule has 1 N–H and O–H groups in total. The Labute approximate surface area is 218 Å². The van der Waals surface area contributed by atoms with E-state index in [1.54, 1.807) is 24.3 Å². The summed E-state index contributed by atoms with van der Waals surface area (Å²) in [5, 5.41) is 10.8. The zero-order valence-electron chi connectivity index (χ0n) is 22.7. The van der Waals surface area contributed by atoms with Crippen LogP contribution in [-0.4, -0.2) is 52.4 Å². The van der Waals surface area contributed by atoms with Crippen LogP contribution in [0.1, 0.15) is 65.7 Å². The zero-order valence-corrected chi connectivity index (χ0v) is 24.6. The lowest BCUT2D eigenvalue weighted by Gasteiger charge is -2.37. The molecule has 1 aliphatic carbocycles. The van der Waals surface area contributed by atoms with Crippen LogP contribution in [0.2, 0.25) is 18.1 Å². The Kier molecular flexibility index (Phi) is 10.7. The van der Waals surface area contributed by atoms with Crippen LogP contribution in [0.25, 0.3) is 0 Å². The Hall–Kier alpha value is -1.74. The highest BCUT2D eigenvalue weighted by molar-refractivity contribution is 7.93. The first-order valence-corrected chi connectivity index (χ1v) is 17.2. The van der Waals surface area contributed by atoms with Gasteiger partial charge in [0.05, 0.1) is 24.7 Å². The minimum absolute atomic E-state index is 0.0449. The van der Waals surface area contributed by atoms with Crippen molar-refractivity contribution in [2.75, 3.05) is 13.7 Å². The number of esters is 1. The Balaban J connectivity index is 2.64. The van der Waals surface area contributed by atoms with Gasteiger partial charge >= 0.3 is 5.97 Å². The lowest BCUT2D eigenvalue weighted by Crippen LogP contribution is -2.48. The number of benzene rings is 1. The minimum atomic E-state index is -4.13. The van der Waals surface area contributed by atoms with E-state index in [1.807, 2.05) is 6.08 Å². The second-order valence-electron chi connectivity index (χ2n) is 11.2. The summed E-state index contributed by atoms with van der Waals surface area (Å²) in [6.45, 7) is 10.8. The largest absolute Gasteiger partial charge is 0.468 e. The molecule has 2 atom stereocenters. The first-order chi connectivity index (χ1) is 16.8. The van der Waals surface area contributed by atoms with Crippen molar-refractivity contribution < 1.29 is 27.5 Å². The average Bonchev–Trinajstić information content (AvgIpc) is 2.83. The van der Waals surface area contributed by atoms with E-state index < -0.39 is 35.0 Å². The third-order valence-electron chi connectivity index (χ3n) is 7.48. The van der Waals surface area contributed by atoms with Crippen molar-refractivity contribution in [3.8, 4) is 0 Å². The van der Waals surface area contributed by atoms with Gasteiger partial charge in [-0.15, -0.1) is 0 Å². The first-order valence-electron chi connectivity index (χ1n) is 12.8. The van der Waals surface area contributed by atoms with Crippen LogP contribution in [0.15, 0.2) is 59.0 Å². The molecule has 0 bridgehead atoms. The standard InChI is InChI=1S/C28H44O6SSi/c1-27(2,3)36(5,6)34-22-23-20-24(29)16-12-9-7-8-10-15-19-28(21-23,26(30)33-4)35(31,32)25-17-13-11-14-18-25/h7-8,11,13-14,17-18,20,24,29H,9-10,12,15-16,19,21-22H2,1-6H3/b8-7+,23-20-. The summed E-state index contributed by atoms with van der Waals surface area (Å²) in [5.74, 6) is -0.780. The molecular weight excluding hydrogens is 492 g/mol. The molecule has 0 aromatic heterocycles. The number of ether oxygens (including phenoxy) is 1. The number of carbonyl (C=O) groups is 1. The smallest absolute Gasteiger partial charge is 0.327 e. The zero-order chi connectivity index (χ0) is 27.0. The van der Waals surface area contributed by atoms with Crippen LogP contribution in [0.4, 0.5) is 0 Å². The number of aliphatic hydroxyl groups excluding tert-OH is 1. The number of hydrogen-bond donors (Lipinski definition) is 1. The maximum Gasteiger partial charge on any atom is 0.327 e. The number of rotatable bonds is 6. The van der Waals surface area contributed by atoms with Gasteiger partial charge in [0.25, 0.3) is 0 Å². The fraction of sp³-hybridized carbons (Fsp3) is 0.607. The van der Waals surface area contributed by atoms with Crippen molar-refractivity contribution in [2.24, 2.45) is 0 Å². The molecule has 0 radical (unpaired) electrons. The highest BCUT2D eigenvalue weighted by Crippen LogP contribution is 2.40. The highest BCUT2D eigenvalue weighted by atomic mass is 32.2. The van der Waals surface area contributed by atoms with Crippen molar-refractivity contribution in [3.05, 3.63) is 54.1 Å². The SMILES string of the molecule is COC(=O)C1(S(=O)(=O)c2ccccc2)CCC/C=C/CCCC(O)/C=C(\CO[Si](C)(C)C(C)(C)C)C1. The lowest BCUT2D eigenvalue weighted by molar-refractivity contribution is -0.144. The van der Waals surface area contributed by atoms with Gasteiger partial charge in [0.1, 0.15) is 0 Å². The second kappa shape index (κ2) is 12.7. The number of aliphatic hydroxyl groups is 1. The van der Waals surface area contributed by atoms with Crippen molar-refractivity contribution >= 4 is 24.1 Å². The summed E-state index contributed by atoms with van der Waals surface area (Å²) in [7, 11) is -5.08. The highest BCUT2D eigenvalue weighted by Gasteiger charge is 2.52. The van der Waals surface area contributed by atoms with E-state index in [0.717, 1.165) is 12.8 Å². The third-order valence-corrected chi connectivity index (χ3v) is 14.4. The van der Waals surface area contributed by atoms with E-state index in [9.17, 15) is 18.3 Å². The molecule has 0 aliphatic heterocycles. The maximum absolute atomic E-state index is 14.1. The van der Waals surface area contributed by atoms with Gasteiger partial charge in [-0.25, -0.2) is 8.42 Å². The molecule has 0 heterocycles. The molecule has 0 amide bonds. The topological polar surface area (TPSA) is 89.9 Å². The summed E-state index contributed by atoms with van der Waals surface area (Å²) >= 11 is 0. The van der Waals surface area contributed by atoms with Crippen LogP contribution in [0, 0.1) is 0 Å². The number of allylic oxidation sites excluding steroid dienone is 2. The molecule has 6 nitrogen and oxygen atoms in total. The van der Waals surface area contributed by atoms with Crippen LogP contribution < -0.4 is 0 Å². The van der Waals surface area contributed by atoms with Gasteiger partial charge in [-0.05, 0) is 74.4 Å². The quantitative estimate of drug-likeness (QED) is 0.273. The maximum atomic E-state index is 14.1. The molecule has 1 aromatic rings. The van der Waals surface area contributed by atoms with E-state index in [0.29, 0.717) is 24.8 Å². The third kappa shape index (κ3) is 7.40. The van der Waals surface area contributed by atoms with Crippen molar-refractivity contribution in [3.63, 3.8) is 0 Å². The number of hydrogen-bond acceptors (Lipinski definition) is 6. The van der Waals surface area contributed by atoms with Gasteiger partial charge in [-0.1, -0.05) is 57.2 Å². The van der Waals surface area contributed by atoms with E-state index in [2.05, 4.69) is 39.9 Å². The molecule has 36 heavy (non-hydrogen) atoms. The molecule has 2 rings (SSSR count). The molecule has 0 saturated heterocycles. The van der Waals surface area contributed by atoms with Gasteiger partial charge in [-0.2, -0.15) is 0 Å². The fourth-order valence-electron chi connectivity index (χ4n) is 4.17. The predicted molar refractivity (Wildman–Crippen MR) is 147 cm³/mol. The van der Waals surface area contributed by atoms with Crippen LogP contribution in [-0.2, 0) is 23.8 Å². The average molecular weight is 537 g/mol. The number of sulfone groups is 1. The molecule has 0 saturated carbocycles. The Morgan fingerprint density at radius 2 is 1.72 bits per heavy atom. The van der Waals surface area contributed by atoms with Crippen LogP contribution in [0.5, 0.6) is 0 Å². The summed E-state index contributed by atoms with van der Waals surface area (Å²) in [5.41, 5.74) is 0.615. The van der Waals surface area contributed by atoms with Crippen LogP contribution in [0.3, 0.4) is 0 Å². The molecule has 202 valence electrons. The molecule has 0 spiro atoms. The van der Waals surface area contributed by atoms with E-state index in [1.165, 1.54) is 19.2 Å². The summed E-state index contributed by atoms with van der Waals surface area (Å²) < 4.78 is 38.1. The molecule has 8 heteroatoms. The molecule has 1 aromatic carbocycles. The Morgan fingerprint density at radius 3 is 2.31 bits per heavy atom. The van der Waals surface area contributed by atoms with E-state index in [-0.39, 0.29) is 29.4 Å². The summed E-state index contributed by atoms with van der Waals surface area (Å²) in [6, 6.07) is 8.09. The fourth-order valence-corrected chi connectivity index (χ4v) is 7.21. The first kappa shape index (κ1) is 30.5. The number of methoxy groups -OCH3 is 1.